The molecule has 5 heteroatoms. The summed E-state index contributed by atoms with van der Waals surface area (Å²) in [5.74, 6) is -0.118. The summed E-state index contributed by atoms with van der Waals surface area (Å²) in [6.45, 7) is 2.02. The lowest BCUT2D eigenvalue weighted by Gasteiger charge is -2.09. The fourth-order valence-electron chi connectivity index (χ4n) is 3.71. The van der Waals surface area contributed by atoms with Crippen molar-refractivity contribution in [3.05, 3.63) is 102 Å². The van der Waals surface area contributed by atoms with E-state index in [4.69, 9.17) is 0 Å². The first kappa shape index (κ1) is 17.0. The molecule has 5 rings (SSSR count). The third kappa shape index (κ3) is 2.70. The lowest BCUT2D eigenvalue weighted by Crippen LogP contribution is -2.06. The second-order valence-corrected chi connectivity index (χ2v) is 7.02. The second-order valence-electron chi connectivity index (χ2n) is 7.02. The number of fused-ring (bicyclic) bond motifs is 3. The Balaban J connectivity index is 1.69. The van der Waals surface area contributed by atoms with Crippen molar-refractivity contribution in [3.8, 4) is 11.8 Å². The maximum Gasteiger partial charge on any atom is 0.209 e. The minimum Gasteiger partial charge on any atom is -0.306 e. The molecule has 0 aliphatic rings. The Morgan fingerprint density at radius 1 is 1.00 bits per heavy atom. The first-order valence-corrected chi connectivity index (χ1v) is 9.24. The third-order valence-corrected chi connectivity index (χ3v) is 5.17. The summed E-state index contributed by atoms with van der Waals surface area (Å²) in [6.07, 6.45) is 5.28. The number of aryl methyl sites for hydroxylation is 1. The van der Waals surface area contributed by atoms with Crippen LogP contribution in [0.4, 0.5) is 0 Å². The van der Waals surface area contributed by atoms with Gasteiger partial charge in [-0.2, -0.15) is 5.26 Å². The van der Waals surface area contributed by atoms with Crippen molar-refractivity contribution in [2.45, 2.75) is 6.92 Å². The van der Waals surface area contributed by atoms with E-state index >= 15 is 0 Å². The highest BCUT2D eigenvalue weighted by molar-refractivity contribution is 6.10. The largest absolute Gasteiger partial charge is 0.306 e. The lowest BCUT2D eigenvalue weighted by molar-refractivity contribution is 0.103. The Hall–Kier alpha value is -4.17. The standard InChI is InChI=1S/C24H16N4O/c1-16-2-3-17-6-9-21-19(14-25)13-23(28(21)22(17)12-16)24(29)18-4-7-20(8-5-18)27-11-10-26-15-27/h2-13,15H,1H3. The zero-order chi connectivity index (χ0) is 20.0. The van der Waals surface area contributed by atoms with Gasteiger partial charge in [0.1, 0.15) is 6.07 Å². The summed E-state index contributed by atoms with van der Waals surface area (Å²) in [4.78, 5) is 17.4. The molecule has 0 radical (unpaired) electrons. The Bertz CT molecular complexity index is 1420. The summed E-state index contributed by atoms with van der Waals surface area (Å²) in [5.41, 5.74) is 5.24. The zero-order valence-electron chi connectivity index (χ0n) is 15.7. The van der Waals surface area contributed by atoms with E-state index in [1.54, 1.807) is 30.7 Å². The van der Waals surface area contributed by atoms with Gasteiger partial charge >= 0.3 is 0 Å². The van der Waals surface area contributed by atoms with Gasteiger partial charge in [0.05, 0.1) is 28.6 Å². The van der Waals surface area contributed by atoms with Crippen LogP contribution in [0.25, 0.3) is 22.1 Å². The average molecular weight is 376 g/mol. The molecule has 0 aliphatic heterocycles. The van der Waals surface area contributed by atoms with Crippen LogP contribution in [0.1, 0.15) is 27.2 Å². The lowest BCUT2D eigenvalue weighted by atomic mass is 10.1. The van der Waals surface area contributed by atoms with Crippen molar-refractivity contribution in [2.75, 3.05) is 0 Å². The predicted octanol–water partition coefficient (Wildman–Crippen LogP) is 4.69. The maximum absolute atomic E-state index is 13.4. The molecule has 5 aromatic rings. The zero-order valence-corrected chi connectivity index (χ0v) is 15.7. The molecular formula is C24H16N4O. The molecule has 3 heterocycles. The van der Waals surface area contributed by atoms with E-state index in [9.17, 15) is 10.1 Å². The smallest absolute Gasteiger partial charge is 0.209 e. The highest BCUT2D eigenvalue weighted by Gasteiger charge is 2.19. The second kappa shape index (κ2) is 6.47. The number of nitriles is 1. The van der Waals surface area contributed by atoms with Crippen molar-refractivity contribution in [3.63, 3.8) is 0 Å². The van der Waals surface area contributed by atoms with Crippen LogP contribution in [-0.2, 0) is 0 Å². The van der Waals surface area contributed by atoms with Crippen LogP contribution in [0.3, 0.4) is 0 Å². The van der Waals surface area contributed by atoms with Gasteiger partial charge in [-0.1, -0.05) is 18.2 Å². The SMILES string of the molecule is Cc1ccc2ccc3c(C#N)cc(C(=O)c4ccc(-n5ccnc5)cc4)n3c2c1. The molecule has 0 amide bonds. The van der Waals surface area contributed by atoms with Crippen molar-refractivity contribution in [1.29, 1.82) is 5.26 Å². The predicted molar refractivity (Wildman–Crippen MR) is 111 cm³/mol. The molecule has 0 spiro atoms. The normalized spacial score (nSPS) is 11.0. The Labute approximate surface area is 167 Å². The summed E-state index contributed by atoms with van der Waals surface area (Å²) in [7, 11) is 0. The minimum absolute atomic E-state index is 0.118. The van der Waals surface area contributed by atoms with Gasteiger partial charge < -0.3 is 8.97 Å². The average Bonchev–Trinajstić information content (AvgIpc) is 3.41. The van der Waals surface area contributed by atoms with Crippen LogP contribution in [0.5, 0.6) is 0 Å². The summed E-state index contributed by atoms with van der Waals surface area (Å²) >= 11 is 0. The minimum atomic E-state index is -0.118. The molecule has 29 heavy (non-hydrogen) atoms. The van der Waals surface area contributed by atoms with Crippen LogP contribution >= 0.6 is 0 Å². The van der Waals surface area contributed by atoms with E-state index in [1.807, 2.05) is 64.6 Å². The number of benzene rings is 2. The van der Waals surface area contributed by atoms with Crippen LogP contribution in [-0.4, -0.2) is 19.7 Å². The first-order valence-electron chi connectivity index (χ1n) is 9.24. The van der Waals surface area contributed by atoms with Crippen LogP contribution in [0.2, 0.25) is 0 Å². The van der Waals surface area contributed by atoms with E-state index in [0.717, 1.165) is 27.7 Å². The fraction of sp³-hybridized carbons (Fsp3) is 0.0417. The van der Waals surface area contributed by atoms with E-state index in [-0.39, 0.29) is 5.78 Å². The highest BCUT2D eigenvalue weighted by Crippen LogP contribution is 2.26. The molecule has 3 aromatic heterocycles. The van der Waals surface area contributed by atoms with Crippen molar-refractivity contribution in [2.24, 2.45) is 0 Å². The number of rotatable bonds is 3. The number of nitrogens with zero attached hydrogens (tertiary/aromatic N) is 4. The fourth-order valence-corrected chi connectivity index (χ4v) is 3.71. The Morgan fingerprint density at radius 3 is 2.52 bits per heavy atom. The number of imidazole rings is 1. The molecule has 2 aromatic carbocycles. The number of aromatic nitrogens is 3. The molecule has 0 N–H and O–H groups in total. The van der Waals surface area contributed by atoms with Gasteiger partial charge in [0.25, 0.3) is 0 Å². The number of hydrogen-bond donors (Lipinski definition) is 0. The van der Waals surface area contributed by atoms with Crippen molar-refractivity contribution in [1.82, 2.24) is 14.0 Å². The Morgan fingerprint density at radius 2 is 1.79 bits per heavy atom. The molecule has 5 nitrogen and oxygen atoms in total. The number of ketones is 1. The highest BCUT2D eigenvalue weighted by atomic mass is 16.1. The van der Waals surface area contributed by atoms with E-state index in [2.05, 4.69) is 11.1 Å². The van der Waals surface area contributed by atoms with Gasteiger partial charge in [0, 0.05) is 23.6 Å². The molecule has 138 valence electrons. The molecule has 0 unspecified atom stereocenters. The van der Waals surface area contributed by atoms with Gasteiger partial charge in [-0.3, -0.25) is 4.79 Å². The van der Waals surface area contributed by atoms with Gasteiger partial charge in [0.2, 0.25) is 5.78 Å². The Kier molecular flexibility index (Phi) is 3.78. The van der Waals surface area contributed by atoms with Crippen LogP contribution in [0.15, 0.2) is 79.4 Å². The first-order chi connectivity index (χ1) is 14.2. The van der Waals surface area contributed by atoms with Gasteiger partial charge in [-0.05, 0) is 60.3 Å². The van der Waals surface area contributed by atoms with E-state index in [0.29, 0.717) is 16.8 Å². The van der Waals surface area contributed by atoms with E-state index < -0.39 is 0 Å². The number of pyridine rings is 1. The van der Waals surface area contributed by atoms with E-state index in [1.165, 1.54) is 0 Å². The summed E-state index contributed by atoms with van der Waals surface area (Å²) in [5, 5.41) is 10.6. The molecule has 0 fully saturated rings. The number of carbonyl (C=O) groups is 1. The monoisotopic (exact) mass is 376 g/mol. The van der Waals surface area contributed by atoms with Gasteiger partial charge in [-0.15, -0.1) is 0 Å². The van der Waals surface area contributed by atoms with Gasteiger partial charge in [0.15, 0.2) is 0 Å². The molecule has 0 saturated carbocycles. The van der Waals surface area contributed by atoms with Crippen molar-refractivity contribution >= 4 is 22.2 Å². The summed E-state index contributed by atoms with van der Waals surface area (Å²) in [6, 6.07) is 21.3. The van der Waals surface area contributed by atoms with Gasteiger partial charge in [-0.25, -0.2) is 4.98 Å². The molecule has 0 saturated heterocycles. The van der Waals surface area contributed by atoms with Crippen molar-refractivity contribution < 1.29 is 4.79 Å². The topological polar surface area (TPSA) is 63.1 Å². The third-order valence-electron chi connectivity index (χ3n) is 5.17. The maximum atomic E-state index is 13.4. The molecule has 0 atom stereocenters. The van der Waals surface area contributed by atoms with Crippen LogP contribution < -0.4 is 0 Å². The molecular weight excluding hydrogens is 360 g/mol. The molecule has 0 bridgehead atoms. The summed E-state index contributed by atoms with van der Waals surface area (Å²) < 4.78 is 3.78. The molecule has 0 aliphatic carbocycles. The van der Waals surface area contributed by atoms with Crippen LogP contribution in [0, 0.1) is 18.3 Å². The quantitative estimate of drug-likeness (QED) is 0.429. The number of carbonyl (C=O) groups excluding carboxylic acids is 1. The number of hydrogen-bond acceptors (Lipinski definition) is 3.